The fourth-order valence-corrected chi connectivity index (χ4v) is 2.07. The third-order valence-corrected chi connectivity index (χ3v) is 3.43. The molecular weight excluding hydrogens is 283 g/mol. The molecule has 0 bridgehead atoms. The monoisotopic (exact) mass is 303 g/mol. The van der Waals surface area contributed by atoms with E-state index in [0.29, 0.717) is 23.5 Å². The molecule has 0 aliphatic heterocycles. The molecule has 2 aromatic carbocycles. The van der Waals surface area contributed by atoms with Gasteiger partial charge in [0.1, 0.15) is 18.1 Å². The summed E-state index contributed by atoms with van der Waals surface area (Å²) in [4.78, 5) is 12.2. The van der Waals surface area contributed by atoms with Crippen LogP contribution in [0, 0.1) is 5.82 Å². The number of carbonyl (C=O) groups is 1. The lowest BCUT2D eigenvalue weighted by Gasteiger charge is -2.13. The van der Waals surface area contributed by atoms with Gasteiger partial charge in [0.15, 0.2) is 6.04 Å². The number of methoxy groups -OCH3 is 1. The molecular formula is C17H20FN2O2+. The minimum absolute atomic E-state index is 0.152. The van der Waals surface area contributed by atoms with Gasteiger partial charge in [-0.15, -0.1) is 0 Å². The molecule has 1 atom stereocenters. The van der Waals surface area contributed by atoms with Gasteiger partial charge in [-0.25, -0.2) is 4.39 Å². The van der Waals surface area contributed by atoms with Gasteiger partial charge in [0.05, 0.1) is 12.8 Å². The number of hydrogen-bond acceptors (Lipinski definition) is 2. The number of amides is 1. The number of carbonyl (C=O) groups excluding carboxylic acids is 1. The standard InChI is InChI=1S/C17H19FN2O2/c1-12(19-11-13-7-3-4-8-14(13)18)17(21)20-15-9-5-6-10-16(15)22-2/h3-10,12,19H,11H2,1-2H3,(H,20,21)/p+1/t12-/m0/s1. The third kappa shape index (κ3) is 4.05. The zero-order valence-electron chi connectivity index (χ0n) is 12.7. The van der Waals surface area contributed by atoms with E-state index in [0.717, 1.165) is 0 Å². The Morgan fingerprint density at radius 3 is 2.64 bits per heavy atom. The number of benzene rings is 2. The Kier molecular flexibility index (Phi) is 5.49. The average molecular weight is 303 g/mol. The van der Waals surface area contributed by atoms with E-state index in [1.165, 1.54) is 6.07 Å². The first kappa shape index (κ1) is 16.0. The summed E-state index contributed by atoms with van der Waals surface area (Å²) < 4.78 is 18.7. The van der Waals surface area contributed by atoms with Gasteiger partial charge in [0, 0.05) is 5.56 Å². The van der Waals surface area contributed by atoms with Crippen molar-refractivity contribution in [3.63, 3.8) is 0 Å². The van der Waals surface area contributed by atoms with Crippen molar-refractivity contribution < 1.29 is 19.2 Å². The zero-order valence-corrected chi connectivity index (χ0v) is 12.7. The molecule has 0 saturated carbocycles. The SMILES string of the molecule is COc1ccccc1NC(=O)[C@H](C)[NH2+]Cc1ccccc1F. The van der Waals surface area contributed by atoms with Gasteiger partial charge in [0.2, 0.25) is 0 Å². The van der Waals surface area contributed by atoms with Crippen LogP contribution in [0.2, 0.25) is 0 Å². The number of quaternary nitrogens is 1. The van der Waals surface area contributed by atoms with Gasteiger partial charge >= 0.3 is 0 Å². The van der Waals surface area contributed by atoms with E-state index < -0.39 is 0 Å². The van der Waals surface area contributed by atoms with Crippen LogP contribution in [0.3, 0.4) is 0 Å². The van der Waals surface area contributed by atoms with Gasteiger partial charge in [-0.1, -0.05) is 30.3 Å². The molecule has 0 aliphatic rings. The fraction of sp³-hybridized carbons (Fsp3) is 0.235. The van der Waals surface area contributed by atoms with Crippen LogP contribution in [0.15, 0.2) is 48.5 Å². The minimum Gasteiger partial charge on any atom is -0.495 e. The molecule has 0 aromatic heterocycles. The van der Waals surface area contributed by atoms with Crippen molar-refractivity contribution in [2.45, 2.75) is 19.5 Å². The highest BCUT2D eigenvalue weighted by Gasteiger charge is 2.18. The maximum atomic E-state index is 13.5. The Hall–Kier alpha value is -2.40. The number of nitrogens with two attached hydrogens (primary N) is 1. The first-order chi connectivity index (χ1) is 10.6. The zero-order chi connectivity index (χ0) is 15.9. The van der Waals surface area contributed by atoms with Crippen molar-refractivity contribution in [1.29, 1.82) is 0 Å². The van der Waals surface area contributed by atoms with Gasteiger partial charge in [0.25, 0.3) is 5.91 Å². The lowest BCUT2D eigenvalue weighted by atomic mass is 10.2. The number of halogens is 1. The van der Waals surface area contributed by atoms with Crippen LogP contribution in [0.4, 0.5) is 10.1 Å². The summed E-state index contributed by atoms with van der Waals surface area (Å²) in [6.45, 7) is 2.19. The van der Waals surface area contributed by atoms with Crippen LogP contribution in [-0.4, -0.2) is 19.1 Å². The second-order valence-electron chi connectivity index (χ2n) is 5.01. The second-order valence-corrected chi connectivity index (χ2v) is 5.01. The van der Waals surface area contributed by atoms with E-state index in [-0.39, 0.29) is 17.8 Å². The number of ether oxygens (including phenoxy) is 1. The molecule has 22 heavy (non-hydrogen) atoms. The Morgan fingerprint density at radius 1 is 1.23 bits per heavy atom. The van der Waals surface area contributed by atoms with Crippen molar-refractivity contribution >= 4 is 11.6 Å². The molecule has 1 amide bonds. The number of hydrogen-bond donors (Lipinski definition) is 2. The average Bonchev–Trinajstić information content (AvgIpc) is 2.54. The van der Waals surface area contributed by atoms with Crippen molar-refractivity contribution in [3.05, 3.63) is 59.9 Å². The van der Waals surface area contributed by atoms with Crippen molar-refractivity contribution in [2.24, 2.45) is 0 Å². The lowest BCUT2D eigenvalue weighted by Crippen LogP contribution is -2.90. The Bertz CT molecular complexity index is 646. The van der Waals surface area contributed by atoms with E-state index in [4.69, 9.17) is 4.74 Å². The molecule has 116 valence electrons. The summed E-state index contributed by atoms with van der Waals surface area (Å²) in [6, 6.07) is 13.4. The van der Waals surface area contributed by atoms with Crippen LogP contribution in [0.1, 0.15) is 12.5 Å². The van der Waals surface area contributed by atoms with Crippen LogP contribution < -0.4 is 15.4 Å². The molecule has 5 heteroatoms. The smallest absolute Gasteiger partial charge is 0.282 e. The van der Waals surface area contributed by atoms with Crippen molar-refractivity contribution in [3.8, 4) is 5.75 Å². The Morgan fingerprint density at radius 2 is 1.91 bits per heavy atom. The van der Waals surface area contributed by atoms with E-state index in [2.05, 4.69) is 5.32 Å². The van der Waals surface area contributed by atoms with Crippen molar-refractivity contribution in [1.82, 2.24) is 0 Å². The summed E-state index contributed by atoms with van der Waals surface area (Å²) >= 11 is 0. The van der Waals surface area contributed by atoms with Gasteiger partial charge < -0.3 is 15.4 Å². The van der Waals surface area contributed by atoms with E-state index in [1.54, 1.807) is 49.7 Å². The van der Waals surface area contributed by atoms with E-state index in [1.807, 2.05) is 12.1 Å². The van der Waals surface area contributed by atoms with Gasteiger partial charge in [-0.3, -0.25) is 4.79 Å². The van der Waals surface area contributed by atoms with E-state index in [9.17, 15) is 9.18 Å². The predicted molar refractivity (Wildman–Crippen MR) is 83.1 cm³/mol. The molecule has 0 aliphatic carbocycles. The molecule has 0 fully saturated rings. The van der Waals surface area contributed by atoms with Crippen LogP contribution in [-0.2, 0) is 11.3 Å². The molecule has 3 N–H and O–H groups in total. The maximum Gasteiger partial charge on any atom is 0.282 e. The first-order valence-electron chi connectivity index (χ1n) is 7.12. The molecule has 2 aromatic rings. The Labute approximate surface area is 129 Å². The number of nitrogens with one attached hydrogen (secondary N) is 1. The summed E-state index contributed by atoms with van der Waals surface area (Å²) in [5, 5.41) is 4.62. The predicted octanol–water partition coefficient (Wildman–Crippen LogP) is 1.92. The largest absolute Gasteiger partial charge is 0.495 e. The fourth-order valence-electron chi connectivity index (χ4n) is 2.07. The first-order valence-corrected chi connectivity index (χ1v) is 7.12. The topological polar surface area (TPSA) is 54.9 Å². The highest BCUT2D eigenvalue weighted by molar-refractivity contribution is 5.94. The van der Waals surface area contributed by atoms with Crippen LogP contribution >= 0.6 is 0 Å². The summed E-state index contributed by atoms with van der Waals surface area (Å²) in [7, 11) is 1.55. The highest BCUT2D eigenvalue weighted by Crippen LogP contribution is 2.22. The summed E-state index contributed by atoms with van der Waals surface area (Å²) in [5.74, 6) is 0.203. The Balaban J connectivity index is 1.94. The molecule has 0 heterocycles. The number of para-hydroxylation sites is 2. The second kappa shape index (κ2) is 7.56. The van der Waals surface area contributed by atoms with Gasteiger partial charge in [-0.05, 0) is 25.1 Å². The number of anilines is 1. The number of rotatable bonds is 6. The van der Waals surface area contributed by atoms with Crippen LogP contribution in [0.25, 0.3) is 0 Å². The van der Waals surface area contributed by atoms with Crippen molar-refractivity contribution in [2.75, 3.05) is 12.4 Å². The highest BCUT2D eigenvalue weighted by atomic mass is 19.1. The van der Waals surface area contributed by atoms with Gasteiger partial charge in [-0.2, -0.15) is 0 Å². The molecule has 2 rings (SSSR count). The molecule has 4 nitrogen and oxygen atoms in total. The summed E-state index contributed by atoms with van der Waals surface area (Å²) in [5.41, 5.74) is 1.21. The molecule has 0 spiro atoms. The lowest BCUT2D eigenvalue weighted by molar-refractivity contribution is -0.688. The summed E-state index contributed by atoms with van der Waals surface area (Å²) in [6.07, 6.45) is 0. The maximum absolute atomic E-state index is 13.5. The third-order valence-electron chi connectivity index (χ3n) is 3.43. The molecule has 0 unspecified atom stereocenters. The quantitative estimate of drug-likeness (QED) is 0.856. The molecule has 0 radical (unpaired) electrons. The normalized spacial score (nSPS) is 11.8. The minimum atomic E-state index is -0.343. The molecule has 0 saturated heterocycles. The van der Waals surface area contributed by atoms with E-state index >= 15 is 0 Å². The van der Waals surface area contributed by atoms with Crippen LogP contribution in [0.5, 0.6) is 5.75 Å².